The molecule has 1 aliphatic heterocycles. The van der Waals surface area contributed by atoms with E-state index < -0.39 is 5.97 Å². The van der Waals surface area contributed by atoms with Gasteiger partial charge in [-0.15, -0.1) is 0 Å². The molecule has 0 radical (unpaired) electrons. The fourth-order valence-corrected chi connectivity index (χ4v) is 2.43. The van der Waals surface area contributed by atoms with Gasteiger partial charge < -0.3 is 14.3 Å². The molecule has 3 rings (SSSR count). The summed E-state index contributed by atoms with van der Waals surface area (Å²) in [6, 6.07) is 6.77. The zero-order valence-electron chi connectivity index (χ0n) is 10.7. The molecule has 2 heterocycles. The standard InChI is InChI=1S/C14H10BrNO5/c15-9-1-2-12-11(4-9)16(13(17)7-21-12)5-10-3-8(6-20-10)14(18)19/h1-4,6H,5,7H2,(H,18,19). The number of carboxylic acids is 1. The molecule has 0 fully saturated rings. The molecule has 0 saturated carbocycles. The second kappa shape index (κ2) is 5.25. The number of carbonyl (C=O) groups excluding carboxylic acids is 1. The summed E-state index contributed by atoms with van der Waals surface area (Å²) in [5.41, 5.74) is 0.675. The number of carbonyl (C=O) groups is 2. The number of furan rings is 1. The number of halogens is 1. The van der Waals surface area contributed by atoms with Crippen molar-refractivity contribution < 1.29 is 23.8 Å². The Morgan fingerprint density at radius 3 is 2.90 bits per heavy atom. The first-order chi connectivity index (χ1) is 10.0. The average molecular weight is 352 g/mol. The number of nitrogens with zero attached hydrogens (tertiary/aromatic N) is 1. The highest BCUT2D eigenvalue weighted by Crippen LogP contribution is 2.35. The first-order valence-electron chi connectivity index (χ1n) is 6.08. The first kappa shape index (κ1) is 13.7. The molecule has 0 unspecified atom stereocenters. The number of ether oxygens (including phenoxy) is 1. The number of carboxylic acid groups (broad SMARTS) is 1. The lowest BCUT2D eigenvalue weighted by Crippen LogP contribution is -2.38. The maximum atomic E-state index is 12.0. The van der Waals surface area contributed by atoms with Crippen LogP contribution in [0.2, 0.25) is 0 Å². The Balaban J connectivity index is 1.92. The van der Waals surface area contributed by atoms with Gasteiger partial charge in [0.25, 0.3) is 5.91 Å². The summed E-state index contributed by atoms with van der Waals surface area (Å²) in [5, 5.41) is 8.88. The Kier molecular flexibility index (Phi) is 3.42. The molecule has 1 aromatic heterocycles. The summed E-state index contributed by atoms with van der Waals surface area (Å²) < 4.78 is 11.4. The van der Waals surface area contributed by atoms with E-state index in [0.717, 1.165) is 10.7 Å². The van der Waals surface area contributed by atoms with Crippen molar-refractivity contribution in [2.24, 2.45) is 0 Å². The molecule has 0 atom stereocenters. The summed E-state index contributed by atoms with van der Waals surface area (Å²) in [6.45, 7) is 0.0973. The van der Waals surface area contributed by atoms with Crippen molar-refractivity contribution in [1.82, 2.24) is 0 Å². The van der Waals surface area contributed by atoms with E-state index in [-0.39, 0.29) is 24.6 Å². The molecule has 2 aromatic rings. The van der Waals surface area contributed by atoms with Crippen molar-refractivity contribution in [1.29, 1.82) is 0 Å². The molecule has 108 valence electrons. The summed E-state index contributed by atoms with van der Waals surface area (Å²) in [5.74, 6) is -0.285. The van der Waals surface area contributed by atoms with Crippen molar-refractivity contribution in [2.45, 2.75) is 6.54 Å². The van der Waals surface area contributed by atoms with Crippen molar-refractivity contribution >= 4 is 33.5 Å². The molecule has 1 aliphatic rings. The smallest absolute Gasteiger partial charge is 0.338 e. The number of fused-ring (bicyclic) bond motifs is 1. The van der Waals surface area contributed by atoms with Crippen LogP contribution in [0.25, 0.3) is 0 Å². The Hall–Kier alpha value is -2.28. The van der Waals surface area contributed by atoms with Crippen molar-refractivity contribution in [3.63, 3.8) is 0 Å². The lowest BCUT2D eigenvalue weighted by atomic mass is 10.2. The van der Waals surface area contributed by atoms with E-state index in [4.69, 9.17) is 14.3 Å². The largest absolute Gasteiger partial charge is 0.482 e. The number of aromatic carboxylic acids is 1. The van der Waals surface area contributed by atoms with Gasteiger partial charge in [0.05, 0.1) is 17.8 Å². The molecule has 1 N–H and O–H groups in total. The van der Waals surface area contributed by atoms with Crippen LogP contribution in [0.3, 0.4) is 0 Å². The lowest BCUT2D eigenvalue weighted by Gasteiger charge is -2.28. The molecular weight excluding hydrogens is 342 g/mol. The maximum Gasteiger partial charge on any atom is 0.338 e. The summed E-state index contributed by atoms with van der Waals surface area (Å²) in [6.07, 6.45) is 1.16. The van der Waals surface area contributed by atoms with Crippen LogP contribution in [0.5, 0.6) is 5.75 Å². The molecule has 21 heavy (non-hydrogen) atoms. The molecular formula is C14H10BrNO5. The van der Waals surface area contributed by atoms with E-state index in [1.54, 1.807) is 12.1 Å². The van der Waals surface area contributed by atoms with Crippen LogP contribution in [0, 0.1) is 0 Å². The highest BCUT2D eigenvalue weighted by molar-refractivity contribution is 9.10. The van der Waals surface area contributed by atoms with Gasteiger partial charge in [0.15, 0.2) is 6.61 Å². The van der Waals surface area contributed by atoms with Gasteiger partial charge >= 0.3 is 5.97 Å². The predicted octanol–water partition coefficient (Wildman–Crippen LogP) is 2.67. The van der Waals surface area contributed by atoms with E-state index in [1.807, 2.05) is 6.07 Å². The minimum Gasteiger partial charge on any atom is -0.482 e. The van der Waals surface area contributed by atoms with E-state index in [0.29, 0.717) is 17.2 Å². The molecule has 0 saturated heterocycles. The molecule has 0 aliphatic carbocycles. The topological polar surface area (TPSA) is 80.0 Å². The summed E-state index contributed by atoms with van der Waals surface area (Å²) >= 11 is 3.35. The molecule has 7 heteroatoms. The van der Waals surface area contributed by atoms with Gasteiger partial charge in [-0.2, -0.15) is 0 Å². The van der Waals surface area contributed by atoms with Crippen LogP contribution in [0.4, 0.5) is 5.69 Å². The highest BCUT2D eigenvalue weighted by atomic mass is 79.9. The quantitative estimate of drug-likeness (QED) is 0.919. The second-order valence-electron chi connectivity index (χ2n) is 4.49. The number of rotatable bonds is 3. The molecule has 0 spiro atoms. The maximum absolute atomic E-state index is 12.0. The third kappa shape index (κ3) is 2.64. The lowest BCUT2D eigenvalue weighted by molar-refractivity contribution is -0.121. The average Bonchev–Trinajstić information content (AvgIpc) is 2.91. The van der Waals surface area contributed by atoms with Crippen LogP contribution in [-0.4, -0.2) is 23.6 Å². The third-order valence-electron chi connectivity index (χ3n) is 3.08. The summed E-state index contributed by atoms with van der Waals surface area (Å²) in [4.78, 5) is 24.4. The molecule has 6 nitrogen and oxygen atoms in total. The number of benzene rings is 1. The zero-order valence-corrected chi connectivity index (χ0v) is 12.3. The summed E-state index contributed by atoms with van der Waals surface area (Å²) in [7, 11) is 0. The number of hydrogen-bond donors (Lipinski definition) is 1. The van der Waals surface area contributed by atoms with E-state index >= 15 is 0 Å². The fraction of sp³-hybridized carbons (Fsp3) is 0.143. The zero-order chi connectivity index (χ0) is 15.0. The van der Waals surface area contributed by atoms with Crippen molar-refractivity contribution in [3.8, 4) is 5.75 Å². The monoisotopic (exact) mass is 351 g/mol. The van der Waals surface area contributed by atoms with Gasteiger partial charge in [0.2, 0.25) is 0 Å². The normalized spacial score (nSPS) is 13.8. The van der Waals surface area contributed by atoms with E-state index in [2.05, 4.69) is 15.9 Å². The predicted molar refractivity (Wildman–Crippen MR) is 76.5 cm³/mol. The fourth-order valence-electron chi connectivity index (χ4n) is 2.08. The Labute approximate surface area is 128 Å². The second-order valence-corrected chi connectivity index (χ2v) is 5.40. The molecule has 1 amide bonds. The molecule has 0 bridgehead atoms. The van der Waals surface area contributed by atoms with Gasteiger partial charge in [0, 0.05) is 4.47 Å². The van der Waals surface area contributed by atoms with Gasteiger partial charge in [-0.05, 0) is 24.3 Å². The Morgan fingerprint density at radius 1 is 1.38 bits per heavy atom. The van der Waals surface area contributed by atoms with E-state index in [9.17, 15) is 9.59 Å². The highest BCUT2D eigenvalue weighted by Gasteiger charge is 2.27. The van der Waals surface area contributed by atoms with Gasteiger partial charge in [-0.25, -0.2) is 4.79 Å². The Bertz CT molecular complexity index is 724. The minimum atomic E-state index is -1.07. The van der Waals surface area contributed by atoms with Crippen molar-refractivity contribution in [3.05, 3.63) is 46.3 Å². The van der Waals surface area contributed by atoms with Gasteiger partial charge in [-0.3, -0.25) is 9.69 Å². The first-order valence-corrected chi connectivity index (χ1v) is 6.87. The third-order valence-corrected chi connectivity index (χ3v) is 3.57. The van der Waals surface area contributed by atoms with Crippen LogP contribution in [-0.2, 0) is 11.3 Å². The van der Waals surface area contributed by atoms with Gasteiger partial charge in [0.1, 0.15) is 17.8 Å². The van der Waals surface area contributed by atoms with Crippen LogP contribution in [0.15, 0.2) is 39.4 Å². The Morgan fingerprint density at radius 2 is 2.19 bits per heavy atom. The van der Waals surface area contributed by atoms with Crippen LogP contribution >= 0.6 is 15.9 Å². The number of hydrogen-bond acceptors (Lipinski definition) is 4. The van der Waals surface area contributed by atoms with Crippen LogP contribution < -0.4 is 9.64 Å². The number of amides is 1. The number of anilines is 1. The SMILES string of the molecule is O=C(O)c1coc(CN2C(=O)COc3ccc(Br)cc32)c1. The minimum absolute atomic E-state index is 0.0544. The van der Waals surface area contributed by atoms with Crippen LogP contribution in [0.1, 0.15) is 16.1 Å². The van der Waals surface area contributed by atoms with Gasteiger partial charge in [-0.1, -0.05) is 15.9 Å². The van der Waals surface area contributed by atoms with E-state index in [1.165, 1.54) is 11.0 Å². The molecule has 1 aromatic carbocycles. The van der Waals surface area contributed by atoms with Crippen molar-refractivity contribution in [2.75, 3.05) is 11.5 Å².